The number of ether oxygens (including phenoxy) is 1. The van der Waals surface area contributed by atoms with Crippen molar-refractivity contribution >= 4 is 5.97 Å². The minimum absolute atomic E-state index is 0.0175. The third-order valence-electron chi connectivity index (χ3n) is 2.61. The summed E-state index contributed by atoms with van der Waals surface area (Å²) in [6, 6.07) is 10.0. The number of benzene rings is 1. The summed E-state index contributed by atoms with van der Waals surface area (Å²) in [6.07, 6.45) is 3.54. The van der Waals surface area contributed by atoms with E-state index in [0.29, 0.717) is 0 Å². The maximum absolute atomic E-state index is 11.5. The lowest BCUT2D eigenvalue weighted by molar-refractivity contribution is -0.145. The third-order valence-corrected chi connectivity index (χ3v) is 2.61. The molecule has 0 amide bonds. The van der Waals surface area contributed by atoms with Gasteiger partial charge in [0, 0.05) is 0 Å². The highest BCUT2D eigenvalue weighted by Gasteiger charge is 2.23. The van der Waals surface area contributed by atoms with Gasteiger partial charge in [0.15, 0.2) is 0 Å². The van der Waals surface area contributed by atoms with Gasteiger partial charge >= 0.3 is 5.97 Å². The molecular formula is C13H14O2. The van der Waals surface area contributed by atoms with Crippen molar-refractivity contribution in [2.24, 2.45) is 5.92 Å². The topological polar surface area (TPSA) is 26.3 Å². The van der Waals surface area contributed by atoms with Crippen LogP contribution in [0.5, 0.6) is 0 Å². The van der Waals surface area contributed by atoms with Gasteiger partial charge in [-0.25, -0.2) is 0 Å². The van der Waals surface area contributed by atoms with Gasteiger partial charge in [0.05, 0.1) is 5.92 Å². The zero-order chi connectivity index (χ0) is 10.7. The number of carbonyl (C=O) groups excluding carboxylic acids is 1. The first-order valence-corrected chi connectivity index (χ1v) is 5.18. The zero-order valence-corrected chi connectivity index (χ0v) is 8.77. The summed E-state index contributed by atoms with van der Waals surface area (Å²) in [7, 11) is 0. The fraction of sp³-hybridized carbons (Fsp3) is 0.308. The van der Waals surface area contributed by atoms with Gasteiger partial charge in [-0.3, -0.25) is 4.79 Å². The molecule has 1 aromatic carbocycles. The van der Waals surface area contributed by atoms with Crippen molar-refractivity contribution in [1.29, 1.82) is 0 Å². The number of allylic oxidation sites excluding steroid dienone is 2. The second-order valence-corrected chi connectivity index (χ2v) is 3.86. The fourth-order valence-corrected chi connectivity index (χ4v) is 1.75. The molecule has 0 saturated carbocycles. The lowest BCUT2D eigenvalue weighted by atomic mass is 9.95. The largest absolute Gasteiger partial charge is 0.431 e. The van der Waals surface area contributed by atoms with Crippen LogP contribution in [0.25, 0.3) is 0 Å². The molecule has 1 aliphatic rings. The summed E-state index contributed by atoms with van der Waals surface area (Å²) < 4.78 is 5.09. The lowest BCUT2D eigenvalue weighted by Gasteiger charge is -2.19. The van der Waals surface area contributed by atoms with Crippen LogP contribution in [0.15, 0.2) is 42.2 Å². The van der Waals surface area contributed by atoms with Gasteiger partial charge in [-0.1, -0.05) is 30.3 Å². The smallest absolute Gasteiger partial charge is 0.314 e. The molecule has 0 fully saturated rings. The maximum Gasteiger partial charge on any atom is 0.314 e. The number of hydrogen-bond donors (Lipinski definition) is 0. The molecule has 1 unspecified atom stereocenters. The van der Waals surface area contributed by atoms with E-state index >= 15 is 0 Å². The average Bonchev–Trinajstić information content (AvgIpc) is 2.24. The number of esters is 1. The highest BCUT2D eigenvalue weighted by molar-refractivity contribution is 5.75. The molecule has 0 saturated heterocycles. The SMILES string of the molecule is CC1=CCC(Cc2ccccc2)C(=O)O1. The summed E-state index contributed by atoms with van der Waals surface area (Å²) in [6.45, 7) is 1.82. The molecule has 2 heteroatoms. The molecule has 0 bridgehead atoms. The van der Waals surface area contributed by atoms with E-state index in [9.17, 15) is 4.79 Å². The summed E-state index contributed by atoms with van der Waals surface area (Å²) >= 11 is 0. The van der Waals surface area contributed by atoms with Gasteiger partial charge in [-0.2, -0.15) is 0 Å². The van der Waals surface area contributed by atoms with Gasteiger partial charge in [0.1, 0.15) is 5.76 Å². The molecule has 15 heavy (non-hydrogen) atoms. The predicted molar refractivity (Wildman–Crippen MR) is 58.1 cm³/mol. The molecule has 0 radical (unpaired) electrons. The van der Waals surface area contributed by atoms with E-state index in [1.807, 2.05) is 43.3 Å². The van der Waals surface area contributed by atoms with Crippen molar-refractivity contribution in [3.8, 4) is 0 Å². The Morgan fingerprint density at radius 3 is 2.73 bits per heavy atom. The number of rotatable bonds is 2. The average molecular weight is 202 g/mol. The second kappa shape index (κ2) is 4.30. The van der Waals surface area contributed by atoms with Gasteiger partial charge < -0.3 is 4.74 Å². The molecule has 78 valence electrons. The Balaban J connectivity index is 2.05. The Hall–Kier alpha value is -1.57. The summed E-state index contributed by atoms with van der Waals surface area (Å²) in [5.41, 5.74) is 1.19. The van der Waals surface area contributed by atoms with Gasteiger partial charge in [-0.05, 0) is 31.4 Å². The Morgan fingerprint density at radius 1 is 1.33 bits per heavy atom. The Morgan fingerprint density at radius 2 is 2.07 bits per heavy atom. The molecular weight excluding hydrogens is 188 g/mol. The van der Waals surface area contributed by atoms with Crippen molar-refractivity contribution in [1.82, 2.24) is 0 Å². The van der Waals surface area contributed by atoms with E-state index in [1.165, 1.54) is 5.56 Å². The molecule has 0 spiro atoms. The van der Waals surface area contributed by atoms with Crippen LogP contribution >= 0.6 is 0 Å². The van der Waals surface area contributed by atoms with Crippen molar-refractivity contribution < 1.29 is 9.53 Å². The Labute approximate surface area is 89.6 Å². The second-order valence-electron chi connectivity index (χ2n) is 3.86. The van der Waals surface area contributed by atoms with Crippen LogP contribution in [0.2, 0.25) is 0 Å². The molecule has 2 nitrogen and oxygen atoms in total. The van der Waals surface area contributed by atoms with Crippen LogP contribution in [-0.4, -0.2) is 5.97 Å². The molecule has 1 aromatic rings. The molecule has 1 atom stereocenters. The minimum Gasteiger partial charge on any atom is -0.431 e. The standard InChI is InChI=1S/C13H14O2/c1-10-7-8-12(13(14)15-10)9-11-5-3-2-4-6-11/h2-7,12H,8-9H2,1H3. The normalized spacial score (nSPS) is 20.7. The van der Waals surface area contributed by atoms with Crippen molar-refractivity contribution in [3.05, 3.63) is 47.7 Å². The Bertz CT molecular complexity index is 379. The van der Waals surface area contributed by atoms with Crippen LogP contribution in [0, 0.1) is 5.92 Å². The van der Waals surface area contributed by atoms with Crippen LogP contribution in [0.3, 0.4) is 0 Å². The summed E-state index contributed by atoms with van der Waals surface area (Å²) in [5.74, 6) is 0.610. The van der Waals surface area contributed by atoms with Gasteiger partial charge in [-0.15, -0.1) is 0 Å². The molecule has 1 heterocycles. The first-order chi connectivity index (χ1) is 7.25. The summed E-state index contributed by atoms with van der Waals surface area (Å²) in [4.78, 5) is 11.5. The quantitative estimate of drug-likeness (QED) is 0.689. The molecule has 2 rings (SSSR count). The van der Waals surface area contributed by atoms with Gasteiger partial charge in [0.25, 0.3) is 0 Å². The van der Waals surface area contributed by atoms with E-state index in [2.05, 4.69) is 0 Å². The van der Waals surface area contributed by atoms with E-state index in [-0.39, 0.29) is 11.9 Å². The van der Waals surface area contributed by atoms with Crippen LogP contribution in [0.4, 0.5) is 0 Å². The van der Waals surface area contributed by atoms with E-state index < -0.39 is 0 Å². The highest BCUT2D eigenvalue weighted by atomic mass is 16.5. The third kappa shape index (κ3) is 2.46. The van der Waals surface area contributed by atoms with Crippen LogP contribution in [-0.2, 0) is 16.0 Å². The van der Waals surface area contributed by atoms with Crippen molar-refractivity contribution in [2.45, 2.75) is 19.8 Å². The number of cyclic esters (lactones) is 1. The number of hydrogen-bond acceptors (Lipinski definition) is 2. The maximum atomic E-state index is 11.5. The van der Waals surface area contributed by atoms with Crippen molar-refractivity contribution in [2.75, 3.05) is 0 Å². The summed E-state index contributed by atoms with van der Waals surface area (Å²) in [5, 5.41) is 0. The van der Waals surface area contributed by atoms with Gasteiger partial charge in [0.2, 0.25) is 0 Å². The first kappa shape index (κ1) is 9.97. The van der Waals surface area contributed by atoms with Crippen molar-refractivity contribution in [3.63, 3.8) is 0 Å². The zero-order valence-electron chi connectivity index (χ0n) is 8.77. The highest BCUT2D eigenvalue weighted by Crippen LogP contribution is 2.21. The fourth-order valence-electron chi connectivity index (χ4n) is 1.75. The van der Waals surface area contributed by atoms with Crippen LogP contribution in [0.1, 0.15) is 18.9 Å². The van der Waals surface area contributed by atoms with E-state index in [4.69, 9.17) is 4.74 Å². The van der Waals surface area contributed by atoms with Crippen LogP contribution < -0.4 is 0 Å². The Kier molecular flexibility index (Phi) is 2.86. The molecule has 0 N–H and O–H groups in total. The lowest BCUT2D eigenvalue weighted by Crippen LogP contribution is -2.22. The molecule has 0 aliphatic carbocycles. The van der Waals surface area contributed by atoms with E-state index in [1.54, 1.807) is 0 Å². The first-order valence-electron chi connectivity index (χ1n) is 5.18. The van der Waals surface area contributed by atoms with E-state index in [0.717, 1.165) is 18.6 Å². The molecule has 1 aliphatic heterocycles. The minimum atomic E-state index is -0.0983. The number of carbonyl (C=O) groups is 1. The predicted octanol–water partition coefficient (Wildman–Crippen LogP) is 2.70. The molecule has 0 aromatic heterocycles. The monoisotopic (exact) mass is 202 g/mol.